The number of terminal acetylenes is 1. The van der Waals surface area contributed by atoms with Gasteiger partial charge in [-0.05, 0) is 48.4 Å². The maximum atomic E-state index is 14.0. The van der Waals surface area contributed by atoms with Gasteiger partial charge in [-0.2, -0.15) is 0 Å². The zero-order chi connectivity index (χ0) is 28.9. The third-order valence-electron chi connectivity index (χ3n) is 6.36. The molecule has 0 spiro atoms. The summed E-state index contributed by atoms with van der Waals surface area (Å²) >= 11 is 1.18. The number of esters is 1. The van der Waals surface area contributed by atoms with Crippen LogP contribution in [0.2, 0.25) is 0 Å². The number of hydrogen-bond acceptors (Lipinski definition) is 7. The molecule has 1 unspecified atom stereocenters. The first kappa shape index (κ1) is 27.6. The first-order valence-corrected chi connectivity index (χ1v) is 13.5. The molecule has 0 amide bonds. The van der Waals surface area contributed by atoms with Gasteiger partial charge in [0.15, 0.2) is 16.3 Å². The van der Waals surface area contributed by atoms with E-state index in [-0.39, 0.29) is 24.3 Å². The number of carbonyl (C=O) groups excluding carboxylic acids is 1. The van der Waals surface area contributed by atoms with Gasteiger partial charge in [0.1, 0.15) is 12.4 Å². The fraction of sp³-hybridized carbons (Fsp3) is 0.156. The minimum Gasteiger partial charge on any atom is -0.493 e. The van der Waals surface area contributed by atoms with Gasteiger partial charge in [-0.15, -0.1) is 6.42 Å². The third kappa shape index (κ3) is 5.55. The molecule has 41 heavy (non-hydrogen) atoms. The highest BCUT2D eigenvalue weighted by molar-refractivity contribution is 7.07. The second-order valence-corrected chi connectivity index (χ2v) is 9.90. The topological polar surface area (TPSA) is 79.1 Å². The van der Waals surface area contributed by atoms with Crippen LogP contribution in [-0.2, 0) is 9.53 Å². The molecule has 206 valence electrons. The molecular weight excluding hydrogens is 543 g/mol. The fourth-order valence-electron chi connectivity index (χ4n) is 4.56. The molecule has 1 aliphatic rings. The minimum absolute atomic E-state index is 0.0875. The lowest BCUT2D eigenvalue weighted by Crippen LogP contribution is -2.40. The Hall–Kier alpha value is -4.94. The zero-order valence-electron chi connectivity index (χ0n) is 22.3. The Labute approximate surface area is 239 Å². The van der Waals surface area contributed by atoms with Crippen LogP contribution in [0.15, 0.2) is 88.2 Å². The van der Waals surface area contributed by atoms with Crippen LogP contribution in [0.25, 0.3) is 11.8 Å². The molecule has 0 saturated carbocycles. The standard InChI is InChI=1S/C32H25FN2O5S/c1-4-17-40-24-16-11-20(18-25(24)38-3)19-26-30(36)35-29(22-12-14-23(33)15-13-22)27(31(37)39-5-2)28(34-32(35)41-26)21-9-7-6-8-10-21/h1,6-16,18-19,29H,5,17H2,2-3H3. The lowest BCUT2D eigenvalue weighted by molar-refractivity contribution is -0.138. The van der Waals surface area contributed by atoms with Crippen LogP contribution in [0.3, 0.4) is 0 Å². The first-order valence-electron chi connectivity index (χ1n) is 12.7. The van der Waals surface area contributed by atoms with Crippen molar-refractivity contribution in [3.63, 3.8) is 0 Å². The van der Waals surface area contributed by atoms with E-state index in [0.29, 0.717) is 43.2 Å². The Morgan fingerprint density at radius 1 is 1.12 bits per heavy atom. The van der Waals surface area contributed by atoms with Crippen molar-refractivity contribution in [2.24, 2.45) is 4.99 Å². The predicted octanol–water partition coefficient (Wildman–Crippen LogP) is 4.10. The summed E-state index contributed by atoms with van der Waals surface area (Å²) in [7, 11) is 1.51. The predicted molar refractivity (Wildman–Crippen MR) is 155 cm³/mol. The molecular formula is C32H25FN2O5S. The number of thiazole rings is 1. The lowest BCUT2D eigenvalue weighted by atomic mass is 9.93. The summed E-state index contributed by atoms with van der Waals surface area (Å²) in [5, 5.41) is 0. The van der Waals surface area contributed by atoms with Gasteiger partial charge in [-0.1, -0.05) is 65.8 Å². The Bertz CT molecular complexity index is 1850. The van der Waals surface area contributed by atoms with Gasteiger partial charge in [0.2, 0.25) is 0 Å². The van der Waals surface area contributed by atoms with Crippen LogP contribution in [0, 0.1) is 18.2 Å². The number of hydrogen-bond donors (Lipinski definition) is 0. The van der Waals surface area contributed by atoms with E-state index in [4.69, 9.17) is 25.6 Å². The number of fused-ring (bicyclic) bond motifs is 1. The van der Waals surface area contributed by atoms with Gasteiger partial charge in [-0.3, -0.25) is 9.36 Å². The van der Waals surface area contributed by atoms with E-state index in [9.17, 15) is 14.0 Å². The second-order valence-electron chi connectivity index (χ2n) is 8.89. The number of rotatable bonds is 8. The van der Waals surface area contributed by atoms with Gasteiger partial charge in [0.25, 0.3) is 5.56 Å². The average Bonchev–Trinajstić information content (AvgIpc) is 3.30. The monoisotopic (exact) mass is 568 g/mol. The van der Waals surface area contributed by atoms with Crippen molar-refractivity contribution in [2.75, 3.05) is 20.3 Å². The molecule has 9 heteroatoms. The van der Waals surface area contributed by atoms with Gasteiger partial charge < -0.3 is 14.2 Å². The van der Waals surface area contributed by atoms with Gasteiger partial charge in [0, 0.05) is 5.56 Å². The average molecular weight is 569 g/mol. The Balaban J connectivity index is 1.75. The largest absolute Gasteiger partial charge is 0.493 e. The molecule has 0 fully saturated rings. The summed E-state index contributed by atoms with van der Waals surface area (Å²) in [6.45, 7) is 1.93. The molecule has 0 radical (unpaired) electrons. The molecule has 5 rings (SSSR count). The summed E-state index contributed by atoms with van der Waals surface area (Å²) in [5.74, 6) is 2.31. The molecule has 0 bridgehead atoms. The van der Waals surface area contributed by atoms with Crippen molar-refractivity contribution in [3.05, 3.63) is 121 Å². The van der Waals surface area contributed by atoms with E-state index in [1.54, 1.807) is 43.3 Å². The van der Waals surface area contributed by atoms with Crippen LogP contribution in [0.1, 0.15) is 29.7 Å². The van der Waals surface area contributed by atoms with Crippen LogP contribution >= 0.6 is 11.3 Å². The first-order chi connectivity index (χ1) is 19.9. The number of aromatic nitrogens is 1. The van der Waals surface area contributed by atoms with Crippen LogP contribution in [-0.4, -0.2) is 30.9 Å². The van der Waals surface area contributed by atoms with E-state index in [2.05, 4.69) is 5.92 Å². The lowest BCUT2D eigenvalue weighted by Gasteiger charge is -2.25. The van der Waals surface area contributed by atoms with E-state index in [1.807, 2.05) is 30.3 Å². The van der Waals surface area contributed by atoms with Crippen LogP contribution in [0.5, 0.6) is 11.5 Å². The fourth-order valence-corrected chi connectivity index (χ4v) is 5.57. The quantitative estimate of drug-likeness (QED) is 0.236. The number of ether oxygens (including phenoxy) is 3. The van der Waals surface area contributed by atoms with Gasteiger partial charge in [0.05, 0.1) is 35.6 Å². The summed E-state index contributed by atoms with van der Waals surface area (Å²) < 4.78 is 32.2. The van der Waals surface area contributed by atoms with E-state index < -0.39 is 17.8 Å². The summed E-state index contributed by atoms with van der Waals surface area (Å²) in [4.78, 5) is 32.6. The Morgan fingerprint density at radius 3 is 2.56 bits per heavy atom. The molecule has 4 aromatic rings. The number of halogens is 1. The minimum atomic E-state index is -0.891. The highest BCUT2D eigenvalue weighted by Crippen LogP contribution is 2.35. The molecule has 7 nitrogen and oxygen atoms in total. The molecule has 2 heterocycles. The molecule has 3 aromatic carbocycles. The normalized spacial score (nSPS) is 14.6. The maximum absolute atomic E-state index is 14.0. The number of carbonyl (C=O) groups is 1. The smallest absolute Gasteiger partial charge is 0.338 e. The summed E-state index contributed by atoms with van der Waals surface area (Å²) in [6, 6.07) is 19.3. The molecule has 1 atom stereocenters. The highest BCUT2D eigenvalue weighted by Gasteiger charge is 2.35. The van der Waals surface area contributed by atoms with Crippen molar-refractivity contribution in [2.45, 2.75) is 13.0 Å². The van der Waals surface area contributed by atoms with Crippen molar-refractivity contribution < 1.29 is 23.4 Å². The van der Waals surface area contributed by atoms with Crippen molar-refractivity contribution in [1.29, 1.82) is 0 Å². The number of benzene rings is 3. The SMILES string of the molecule is C#CCOc1ccc(C=c2sc3n(c2=O)C(c2ccc(F)cc2)C(C(=O)OCC)=C(c2ccccc2)N=3)cc1OC. The van der Waals surface area contributed by atoms with E-state index >= 15 is 0 Å². The summed E-state index contributed by atoms with van der Waals surface area (Å²) in [6.07, 6.45) is 7.02. The number of nitrogens with zero attached hydrogens (tertiary/aromatic N) is 2. The van der Waals surface area contributed by atoms with E-state index in [1.165, 1.54) is 35.1 Å². The molecule has 1 aliphatic heterocycles. The third-order valence-corrected chi connectivity index (χ3v) is 7.34. The molecule has 1 aromatic heterocycles. The molecule has 0 saturated heterocycles. The van der Waals surface area contributed by atoms with Crippen LogP contribution in [0.4, 0.5) is 4.39 Å². The van der Waals surface area contributed by atoms with Gasteiger partial charge >= 0.3 is 5.97 Å². The van der Waals surface area contributed by atoms with Crippen molar-refractivity contribution in [1.82, 2.24) is 4.57 Å². The number of methoxy groups -OCH3 is 1. The second kappa shape index (κ2) is 12.1. The maximum Gasteiger partial charge on any atom is 0.338 e. The summed E-state index contributed by atoms with van der Waals surface area (Å²) in [5.41, 5.74) is 2.15. The van der Waals surface area contributed by atoms with E-state index in [0.717, 1.165) is 0 Å². The molecule has 0 N–H and O–H groups in total. The van der Waals surface area contributed by atoms with Gasteiger partial charge in [-0.25, -0.2) is 14.2 Å². The highest BCUT2D eigenvalue weighted by atomic mass is 32.1. The zero-order valence-corrected chi connectivity index (χ0v) is 23.1. The molecule has 0 aliphatic carbocycles. The van der Waals surface area contributed by atoms with Crippen molar-refractivity contribution in [3.8, 4) is 23.8 Å². The van der Waals surface area contributed by atoms with Crippen molar-refractivity contribution >= 4 is 29.1 Å². The van der Waals surface area contributed by atoms with Crippen LogP contribution < -0.4 is 24.4 Å². The Kier molecular flexibility index (Phi) is 8.13. The Morgan fingerprint density at radius 2 is 1.88 bits per heavy atom.